The molecule has 5 heteroatoms. The molecule has 0 heterocycles. The van der Waals surface area contributed by atoms with E-state index >= 15 is 0 Å². The third kappa shape index (κ3) is 1.92. The third-order valence-electron chi connectivity index (χ3n) is 2.65. The normalized spacial score (nSPS) is 31.2. The van der Waals surface area contributed by atoms with Gasteiger partial charge in [0.05, 0.1) is 0 Å². The Morgan fingerprint density at radius 1 is 1.54 bits per heavy atom. The number of nitrogens with zero attached hydrogens (tertiary/aromatic N) is 1. The molecule has 0 saturated heterocycles. The van der Waals surface area contributed by atoms with Crippen molar-refractivity contribution < 1.29 is 5.21 Å². The van der Waals surface area contributed by atoms with Gasteiger partial charge in [-0.05, 0) is 17.4 Å². The van der Waals surface area contributed by atoms with Gasteiger partial charge in [0.1, 0.15) is 10.3 Å². The van der Waals surface area contributed by atoms with Crippen LogP contribution in [0.2, 0.25) is 0 Å². The Labute approximate surface area is 87.2 Å². The van der Waals surface area contributed by atoms with Crippen molar-refractivity contribution >= 4 is 29.0 Å². The molecule has 1 rings (SSSR count). The zero-order valence-corrected chi connectivity index (χ0v) is 8.97. The zero-order chi connectivity index (χ0) is 10.2. The predicted molar refractivity (Wildman–Crippen MR) is 54.0 cm³/mol. The molecule has 0 aromatic rings. The van der Waals surface area contributed by atoms with Gasteiger partial charge in [0.25, 0.3) is 0 Å². The van der Waals surface area contributed by atoms with E-state index in [1.54, 1.807) is 6.08 Å². The Bertz CT molecular complexity index is 269. The molecule has 1 saturated carbocycles. The molecule has 0 aromatic carbocycles. The first-order chi connectivity index (χ1) is 5.91. The average Bonchev–Trinajstić information content (AvgIpc) is 2.51. The molecule has 2 unspecified atom stereocenters. The van der Waals surface area contributed by atoms with Crippen molar-refractivity contribution in [3.8, 4) is 0 Å². The highest BCUT2D eigenvalue weighted by Crippen LogP contribution is 2.59. The van der Waals surface area contributed by atoms with Crippen molar-refractivity contribution in [1.82, 2.24) is 0 Å². The lowest BCUT2D eigenvalue weighted by Gasteiger charge is -1.98. The highest BCUT2D eigenvalue weighted by Gasteiger charge is 2.58. The van der Waals surface area contributed by atoms with Crippen LogP contribution in [0.4, 0.5) is 0 Å². The lowest BCUT2D eigenvalue weighted by molar-refractivity contribution is 0.315. The topological polar surface area (TPSA) is 58.6 Å². The van der Waals surface area contributed by atoms with Gasteiger partial charge in [0, 0.05) is 5.92 Å². The molecule has 0 radical (unpaired) electrons. The van der Waals surface area contributed by atoms with Crippen LogP contribution in [0.15, 0.2) is 15.7 Å². The second-order valence-electron chi connectivity index (χ2n) is 3.81. The highest BCUT2D eigenvalue weighted by molar-refractivity contribution is 6.55. The van der Waals surface area contributed by atoms with Crippen LogP contribution in [0.5, 0.6) is 0 Å². The van der Waals surface area contributed by atoms with Gasteiger partial charge < -0.3 is 10.9 Å². The lowest BCUT2D eigenvalue weighted by atomic mass is 10.1. The summed E-state index contributed by atoms with van der Waals surface area (Å²) in [7, 11) is 0. The minimum atomic E-state index is -0.0225. The summed E-state index contributed by atoms with van der Waals surface area (Å²) in [5.74, 6) is 0.430. The molecule has 0 aromatic heterocycles. The fourth-order valence-electron chi connectivity index (χ4n) is 1.75. The molecule has 2 atom stereocenters. The standard InChI is InChI=1S/C8H12Cl2N2O/c1-8(2)4(3-5(9)10)6(8)7(11)12-13/h3-4,6,13H,1-2H3,(H2,11,12). The monoisotopic (exact) mass is 222 g/mol. The molecule has 0 bridgehead atoms. The summed E-state index contributed by atoms with van der Waals surface area (Å²) in [6.45, 7) is 4.04. The van der Waals surface area contributed by atoms with E-state index in [9.17, 15) is 0 Å². The number of amidine groups is 1. The average molecular weight is 223 g/mol. The number of rotatable bonds is 2. The number of halogens is 2. The van der Waals surface area contributed by atoms with E-state index in [1.165, 1.54) is 0 Å². The minimum Gasteiger partial charge on any atom is -0.409 e. The van der Waals surface area contributed by atoms with Gasteiger partial charge in [-0.25, -0.2) is 0 Å². The van der Waals surface area contributed by atoms with Crippen molar-refractivity contribution in [3.05, 3.63) is 10.6 Å². The lowest BCUT2D eigenvalue weighted by Crippen LogP contribution is -2.17. The second kappa shape index (κ2) is 3.39. The zero-order valence-electron chi connectivity index (χ0n) is 7.46. The fraction of sp³-hybridized carbons (Fsp3) is 0.625. The molecular formula is C8H12Cl2N2O. The summed E-state index contributed by atoms with van der Waals surface area (Å²) < 4.78 is 0.228. The molecular weight excluding hydrogens is 211 g/mol. The van der Waals surface area contributed by atoms with Crippen LogP contribution in [0.1, 0.15) is 13.8 Å². The number of hydrogen-bond donors (Lipinski definition) is 2. The molecule has 74 valence electrons. The molecule has 1 aliphatic carbocycles. The molecule has 0 amide bonds. The van der Waals surface area contributed by atoms with E-state index < -0.39 is 0 Å². The van der Waals surface area contributed by atoms with Crippen molar-refractivity contribution in [3.63, 3.8) is 0 Å². The summed E-state index contributed by atoms with van der Waals surface area (Å²) in [5, 5.41) is 11.5. The van der Waals surface area contributed by atoms with Crippen LogP contribution in [0, 0.1) is 17.3 Å². The first kappa shape index (κ1) is 10.7. The van der Waals surface area contributed by atoms with Crippen molar-refractivity contribution in [2.45, 2.75) is 13.8 Å². The summed E-state index contributed by atoms with van der Waals surface area (Å²) in [4.78, 5) is 0. The number of allylic oxidation sites excluding steroid dienone is 1. The van der Waals surface area contributed by atoms with E-state index in [-0.39, 0.29) is 27.6 Å². The van der Waals surface area contributed by atoms with Gasteiger partial charge in [-0.1, -0.05) is 42.2 Å². The van der Waals surface area contributed by atoms with Crippen molar-refractivity contribution in [2.75, 3.05) is 0 Å². The summed E-state index contributed by atoms with van der Waals surface area (Å²) >= 11 is 11.1. The molecule has 0 aliphatic heterocycles. The van der Waals surface area contributed by atoms with Gasteiger partial charge in [0.15, 0.2) is 0 Å². The van der Waals surface area contributed by atoms with Crippen molar-refractivity contribution in [2.24, 2.45) is 28.1 Å². The molecule has 3 nitrogen and oxygen atoms in total. The Hall–Kier alpha value is -0.410. The highest BCUT2D eigenvalue weighted by atomic mass is 35.5. The maximum atomic E-state index is 8.51. The van der Waals surface area contributed by atoms with Gasteiger partial charge >= 0.3 is 0 Å². The fourth-order valence-corrected chi connectivity index (χ4v) is 2.02. The molecule has 1 aliphatic rings. The summed E-state index contributed by atoms with van der Waals surface area (Å²) in [6, 6.07) is 0. The quantitative estimate of drug-likeness (QED) is 0.326. The maximum absolute atomic E-state index is 8.51. The minimum absolute atomic E-state index is 0.0225. The van der Waals surface area contributed by atoms with E-state index in [2.05, 4.69) is 5.16 Å². The van der Waals surface area contributed by atoms with E-state index in [1.807, 2.05) is 13.8 Å². The van der Waals surface area contributed by atoms with E-state index in [0.717, 1.165) is 0 Å². The predicted octanol–water partition coefficient (Wildman–Crippen LogP) is 2.32. The smallest absolute Gasteiger partial charge is 0.143 e. The first-order valence-corrected chi connectivity index (χ1v) is 4.67. The molecule has 1 fully saturated rings. The number of nitrogens with two attached hydrogens (primary N) is 1. The van der Waals surface area contributed by atoms with Crippen LogP contribution >= 0.6 is 23.2 Å². The van der Waals surface area contributed by atoms with Crippen LogP contribution in [-0.4, -0.2) is 11.0 Å². The Morgan fingerprint density at radius 2 is 2.08 bits per heavy atom. The first-order valence-electron chi connectivity index (χ1n) is 3.91. The van der Waals surface area contributed by atoms with Gasteiger partial charge in [-0.3, -0.25) is 0 Å². The number of oxime groups is 1. The van der Waals surface area contributed by atoms with Crippen LogP contribution in [0.3, 0.4) is 0 Å². The van der Waals surface area contributed by atoms with Crippen LogP contribution in [0.25, 0.3) is 0 Å². The van der Waals surface area contributed by atoms with Gasteiger partial charge in [0.2, 0.25) is 0 Å². The van der Waals surface area contributed by atoms with E-state index in [4.69, 9.17) is 34.1 Å². The Kier molecular flexibility index (Phi) is 2.78. The molecule has 3 N–H and O–H groups in total. The largest absolute Gasteiger partial charge is 0.409 e. The Balaban J connectivity index is 2.78. The molecule has 0 spiro atoms. The van der Waals surface area contributed by atoms with Crippen LogP contribution in [-0.2, 0) is 0 Å². The van der Waals surface area contributed by atoms with Crippen molar-refractivity contribution in [1.29, 1.82) is 0 Å². The maximum Gasteiger partial charge on any atom is 0.143 e. The van der Waals surface area contributed by atoms with Gasteiger partial charge in [-0.15, -0.1) is 0 Å². The number of hydrogen-bond acceptors (Lipinski definition) is 2. The van der Waals surface area contributed by atoms with E-state index in [0.29, 0.717) is 0 Å². The summed E-state index contributed by atoms with van der Waals surface area (Å²) in [5.41, 5.74) is 5.48. The van der Waals surface area contributed by atoms with Crippen LogP contribution < -0.4 is 5.73 Å². The molecule has 13 heavy (non-hydrogen) atoms. The second-order valence-corrected chi connectivity index (χ2v) is 4.81. The SMILES string of the molecule is CC1(C)C(C=C(Cl)Cl)C1C(N)=NO. The Morgan fingerprint density at radius 3 is 2.46 bits per heavy atom. The van der Waals surface area contributed by atoms with Gasteiger partial charge in [-0.2, -0.15) is 0 Å². The third-order valence-corrected chi connectivity index (χ3v) is 2.90. The summed E-state index contributed by atoms with van der Waals surface area (Å²) in [6.07, 6.45) is 1.73.